The highest BCUT2D eigenvalue weighted by atomic mass is 19.1. The van der Waals surface area contributed by atoms with E-state index in [2.05, 4.69) is 19.2 Å². The van der Waals surface area contributed by atoms with Crippen LogP contribution in [0.4, 0.5) is 4.39 Å². The summed E-state index contributed by atoms with van der Waals surface area (Å²) in [6, 6.07) is 6.16. The van der Waals surface area contributed by atoms with Crippen molar-refractivity contribution in [2.24, 2.45) is 0 Å². The van der Waals surface area contributed by atoms with E-state index in [1.165, 1.54) is 6.07 Å². The van der Waals surface area contributed by atoms with E-state index in [-0.39, 0.29) is 17.0 Å². The summed E-state index contributed by atoms with van der Waals surface area (Å²) in [5.41, 5.74) is 0.0347. The molecule has 0 unspecified atom stereocenters. The molecule has 0 saturated carbocycles. The fraction of sp³-hybridized carbons (Fsp3) is 0.500. The Kier molecular flexibility index (Phi) is 3.66. The standard InChI is InChI=1S/C14H19FN2O/c1-14(2)10-17(9-5-8-16-14)13(18)11-6-3-4-7-12(11)15/h3-4,6-7,16H,5,8-10H2,1-2H3. The molecule has 1 saturated heterocycles. The van der Waals surface area contributed by atoms with Crippen molar-refractivity contribution in [3.05, 3.63) is 35.6 Å². The van der Waals surface area contributed by atoms with Crippen LogP contribution in [0.5, 0.6) is 0 Å². The molecule has 1 N–H and O–H groups in total. The summed E-state index contributed by atoms with van der Waals surface area (Å²) < 4.78 is 13.6. The molecule has 1 aromatic rings. The molecule has 1 fully saturated rings. The van der Waals surface area contributed by atoms with Crippen LogP contribution in [0.15, 0.2) is 24.3 Å². The van der Waals surface area contributed by atoms with Crippen LogP contribution in [0.25, 0.3) is 0 Å². The molecule has 18 heavy (non-hydrogen) atoms. The van der Waals surface area contributed by atoms with Crippen molar-refractivity contribution in [2.45, 2.75) is 25.8 Å². The third-order valence-corrected chi connectivity index (χ3v) is 3.19. The Bertz CT molecular complexity index is 445. The minimum Gasteiger partial charge on any atom is -0.337 e. The van der Waals surface area contributed by atoms with E-state index in [9.17, 15) is 9.18 Å². The molecule has 1 aliphatic rings. The van der Waals surface area contributed by atoms with Crippen LogP contribution in [0, 0.1) is 5.82 Å². The van der Waals surface area contributed by atoms with Crippen LogP contribution in [0.2, 0.25) is 0 Å². The summed E-state index contributed by atoms with van der Waals surface area (Å²) in [5, 5.41) is 3.38. The first-order chi connectivity index (χ1) is 8.49. The first-order valence-corrected chi connectivity index (χ1v) is 6.28. The molecular formula is C14H19FN2O. The van der Waals surface area contributed by atoms with Crippen molar-refractivity contribution in [1.29, 1.82) is 0 Å². The summed E-state index contributed by atoms with van der Waals surface area (Å²) in [4.78, 5) is 14.1. The van der Waals surface area contributed by atoms with Gasteiger partial charge in [0.2, 0.25) is 0 Å². The van der Waals surface area contributed by atoms with Gasteiger partial charge in [-0.05, 0) is 38.9 Å². The maximum Gasteiger partial charge on any atom is 0.256 e. The maximum absolute atomic E-state index is 13.6. The number of carbonyl (C=O) groups is 1. The number of hydrogen-bond donors (Lipinski definition) is 1. The third kappa shape index (κ3) is 2.88. The summed E-state index contributed by atoms with van der Waals surface area (Å²) in [7, 11) is 0. The van der Waals surface area contributed by atoms with E-state index in [1.54, 1.807) is 23.1 Å². The summed E-state index contributed by atoms with van der Waals surface area (Å²) in [6.45, 7) is 6.26. The first kappa shape index (κ1) is 13.0. The van der Waals surface area contributed by atoms with Gasteiger partial charge in [0.15, 0.2) is 0 Å². The molecule has 0 aromatic heterocycles. The van der Waals surface area contributed by atoms with Crippen LogP contribution in [0.3, 0.4) is 0 Å². The summed E-state index contributed by atoms with van der Waals surface area (Å²) >= 11 is 0. The number of rotatable bonds is 1. The van der Waals surface area contributed by atoms with Crippen molar-refractivity contribution < 1.29 is 9.18 Å². The minimum absolute atomic E-state index is 0.128. The molecule has 4 heteroatoms. The Hall–Kier alpha value is -1.42. The second-order valence-electron chi connectivity index (χ2n) is 5.37. The van der Waals surface area contributed by atoms with Gasteiger partial charge < -0.3 is 10.2 Å². The largest absolute Gasteiger partial charge is 0.337 e. The van der Waals surface area contributed by atoms with Gasteiger partial charge in [-0.2, -0.15) is 0 Å². The molecule has 0 aliphatic carbocycles. The van der Waals surface area contributed by atoms with Gasteiger partial charge in [-0.3, -0.25) is 4.79 Å². The minimum atomic E-state index is -0.447. The van der Waals surface area contributed by atoms with Crippen molar-refractivity contribution in [2.75, 3.05) is 19.6 Å². The molecule has 0 bridgehead atoms. The number of nitrogens with one attached hydrogen (secondary N) is 1. The number of benzene rings is 1. The van der Waals surface area contributed by atoms with Gasteiger partial charge in [-0.15, -0.1) is 0 Å². The molecule has 0 spiro atoms. The maximum atomic E-state index is 13.6. The van der Waals surface area contributed by atoms with E-state index in [0.29, 0.717) is 13.1 Å². The van der Waals surface area contributed by atoms with Crippen molar-refractivity contribution >= 4 is 5.91 Å². The number of halogens is 1. The van der Waals surface area contributed by atoms with Crippen LogP contribution in [0.1, 0.15) is 30.6 Å². The number of carbonyl (C=O) groups excluding carboxylic acids is 1. The van der Waals surface area contributed by atoms with Crippen molar-refractivity contribution in [1.82, 2.24) is 10.2 Å². The third-order valence-electron chi connectivity index (χ3n) is 3.19. The predicted molar refractivity (Wildman–Crippen MR) is 69.0 cm³/mol. The molecule has 1 aromatic carbocycles. The monoisotopic (exact) mass is 250 g/mol. The van der Waals surface area contributed by atoms with Gasteiger partial charge in [0.25, 0.3) is 5.91 Å². The molecule has 0 atom stereocenters. The first-order valence-electron chi connectivity index (χ1n) is 6.28. The zero-order valence-corrected chi connectivity index (χ0v) is 10.9. The van der Waals surface area contributed by atoms with Crippen molar-refractivity contribution in [3.8, 4) is 0 Å². The van der Waals surface area contributed by atoms with Gasteiger partial charge in [0.05, 0.1) is 5.56 Å². The highest BCUT2D eigenvalue weighted by Crippen LogP contribution is 2.15. The molecule has 0 radical (unpaired) electrons. The van der Waals surface area contributed by atoms with E-state index in [4.69, 9.17) is 0 Å². The Morgan fingerprint density at radius 3 is 2.83 bits per heavy atom. The lowest BCUT2D eigenvalue weighted by Gasteiger charge is -2.30. The van der Waals surface area contributed by atoms with Crippen LogP contribution >= 0.6 is 0 Å². The molecule has 3 nitrogen and oxygen atoms in total. The van der Waals surface area contributed by atoms with Gasteiger partial charge in [-0.25, -0.2) is 4.39 Å². The second kappa shape index (κ2) is 5.06. The Balaban J connectivity index is 2.20. The average molecular weight is 250 g/mol. The molecule has 1 amide bonds. The quantitative estimate of drug-likeness (QED) is 0.827. The molecule has 98 valence electrons. The summed E-state index contributed by atoms with van der Waals surface area (Å²) in [6.07, 6.45) is 0.892. The summed E-state index contributed by atoms with van der Waals surface area (Å²) in [5.74, 6) is -0.664. The topological polar surface area (TPSA) is 32.3 Å². The Morgan fingerprint density at radius 2 is 2.11 bits per heavy atom. The van der Waals surface area contributed by atoms with Crippen LogP contribution in [-0.4, -0.2) is 36.0 Å². The highest BCUT2D eigenvalue weighted by Gasteiger charge is 2.28. The number of amides is 1. The number of hydrogen-bond acceptors (Lipinski definition) is 2. The van der Waals surface area contributed by atoms with Gasteiger partial charge in [0.1, 0.15) is 5.82 Å². The molecule has 1 heterocycles. The zero-order valence-electron chi connectivity index (χ0n) is 10.9. The molecule has 1 aliphatic heterocycles. The van der Waals surface area contributed by atoms with E-state index >= 15 is 0 Å². The van der Waals surface area contributed by atoms with Crippen LogP contribution < -0.4 is 5.32 Å². The van der Waals surface area contributed by atoms with Crippen LogP contribution in [-0.2, 0) is 0 Å². The fourth-order valence-corrected chi connectivity index (χ4v) is 2.29. The van der Waals surface area contributed by atoms with E-state index < -0.39 is 5.82 Å². The SMILES string of the molecule is CC1(C)CN(C(=O)c2ccccc2F)CCCN1. The fourth-order valence-electron chi connectivity index (χ4n) is 2.29. The lowest BCUT2D eigenvalue weighted by molar-refractivity contribution is 0.0728. The van der Waals surface area contributed by atoms with Gasteiger partial charge >= 0.3 is 0 Å². The lowest BCUT2D eigenvalue weighted by Crippen LogP contribution is -2.48. The van der Waals surface area contributed by atoms with Gasteiger partial charge in [-0.1, -0.05) is 12.1 Å². The van der Waals surface area contributed by atoms with Gasteiger partial charge in [0, 0.05) is 18.6 Å². The van der Waals surface area contributed by atoms with E-state index in [1.807, 2.05) is 0 Å². The smallest absolute Gasteiger partial charge is 0.256 e. The zero-order chi connectivity index (χ0) is 13.2. The number of nitrogens with zero attached hydrogens (tertiary/aromatic N) is 1. The highest BCUT2D eigenvalue weighted by molar-refractivity contribution is 5.94. The average Bonchev–Trinajstić information content (AvgIpc) is 2.50. The van der Waals surface area contributed by atoms with Crippen molar-refractivity contribution in [3.63, 3.8) is 0 Å². The molecule has 2 rings (SSSR count). The predicted octanol–water partition coefficient (Wildman–Crippen LogP) is 2.04. The molecular weight excluding hydrogens is 231 g/mol. The lowest BCUT2D eigenvalue weighted by atomic mass is 10.0. The Labute approximate surface area is 107 Å². The second-order valence-corrected chi connectivity index (χ2v) is 5.37. The Morgan fingerprint density at radius 1 is 1.39 bits per heavy atom. The normalized spacial score (nSPS) is 19.4. The van der Waals surface area contributed by atoms with E-state index in [0.717, 1.165) is 13.0 Å².